The summed E-state index contributed by atoms with van der Waals surface area (Å²) in [4.78, 5) is 65.6. The molecule has 3 saturated carbocycles. The number of anilines is 1. The molecule has 4 fully saturated rings. The van der Waals surface area contributed by atoms with Gasteiger partial charge in [0.25, 0.3) is 0 Å². The minimum Gasteiger partial charge on any atom is -0.491 e. The maximum Gasteiger partial charge on any atom is 0.408 e. The molecule has 0 unspecified atom stereocenters. The van der Waals surface area contributed by atoms with E-state index in [1.54, 1.807) is 24.3 Å². The molecule has 15 nitrogen and oxygen atoms in total. The molecule has 5 N–H and O–H groups in total. The van der Waals surface area contributed by atoms with Crippen LogP contribution in [0.3, 0.4) is 0 Å². The molecule has 1 aromatic carbocycles. The zero-order valence-electron chi connectivity index (χ0n) is 33.4. The number of fused-ring (bicyclic) bond motifs is 2. The fourth-order valence-electron chi connectivity index (χ4n) is 8.38. The highest BCUT2D eigenvalue weighted by molar-refractivity contribution is 7.14. The highest BCUT2D eigenvalue weighted by atomic mass is 32.1. The fraction of sp³-hybridized carbons (Fsp3) is 0.610. The number of alkyl carbamates (subject to hydrolysis) is 1. The number of aromatic nitrogens is 2. The van der Waals surface area contributed by atoms with Crippen LogP contribution in [0, 0.1) is 23.2 Å². The lowest BCUT2D eigenvalue weighted by molar-refractivity contribution is -0.146. The van der Waals surface area contributed by atoms with Crippen LogP contribution in [0.4, 0.5) is 9.93 Å². The van der Waals surface area contributed by atoms with Crippen molar-refractivity contribution in [3.05, 3.63) is 29.6 Å². The average Bonchev–Trinajstić information content (AvgIpc) is 3.82. The van der Waals surface area contributed by atoms with Crippen molar-refractivity contribution in [2.45, 2.75) is 116 Å². The number of ether oxygens (including phenoxy) is 3. The van der Waals surface area contributed by atoms with Crippen molar-refractivity contribution in [1.82, 2.24) is 25.5 Å². The number of nitrogens with one attached hydrogen (secondary N) is 3. The summed E-state index contributed by atoms with van der Waals surface area (Å²) in [5.74, 6) is -0.277. The Labute approximate surface area is 336 Å². The number of aliphatic hydroxyl groups excluding tert-OH is 1. The number of carboxylic acids is 1. The number of benzene rings is 1. The summed E-state index contributed by atoms with van der Waals surface area (Å²) in [5.41, 5.74) is -0.490. The van der Waals surface area contributed by atoms with E-state index in [-0.39, 0.29) is 44.2 Å². The number of hydrogen-bond acceptors (Lipinski definition) is 12. The predicted octanol–water partition coefficient (Wildman–Crippen LogP) is 5.21. The van der Waals surface area contributed by atoms with Gasteiger partial charge in [-0.15, -0.1) is 11.3 Å². The molecule has 7 rings (SSSR count). The summed E-state index contributed by atoms with van der Waals surface area (Å²) in [6.45, 7) is 11.4. The summed E-state index contributed by atoms with van der Waals surface area (Å²) in [6.07, 6.45) is 2.18. The molecule has 0 radical (unpaired) electrons. The van der Waals surface area contributed by atoms with E-state index < -0.39 is 53.0 Å². The number of carbonyl (C=O) groups excluding carboxylic acids is 3. The van der Waals surface area contributed by atoms with E-state index in [0.717, 1.165) is 18.0 Å². The summed E-state index contributed by atoms with van der Waals surface area (Å²) < 4.78 is 18.2. The number of thiazole rings is 1. The summed E-state index contributed by atoms with van der Waals surface area (Å²) in [6, 6.07) is 5.11. The number of rotatable bonds is 15. The standard InChI is InChI=1S/C41H54N6O9S/c1-7-24-18-41(24,37(51)52)46-35(49)32-16-27(19-47(32)36(50)34(40(4,5)6)45-39(53)56-26-13-22-12-23(22)14-26)55-33-17-30(31-20-57-38(44-31)42-21(2)3)43-29-15-25(54-11-10-48)8-9-28(29)33/h8-9,15,17,20-24,26-27,32,34,48H,7,10-14,16,18-19H2,1-6H3,(H,42,44)(H,45,53)(H,46,49)(H,51,52)/t22-,23+,24-,26+,27-,32+,34-,41-/m1/s1. The Morgan fingerprint density at radius 2 is 1.79 bits per heavy atom. The van der Waals surface area contributed by atoms with Crippen molar-refractivity contribution in [2.24, 2.45) is 23.2 Å². The van der Waals surface area contributed by atoms with Crippen molar-refractivity contribution in [2.75, 3.05) is 25.1 Å². The molecular weight excluding hydrogens is 753 g/mol. The first-order chi connectivity index (χ1) is 27.1. The summed E-state index contributed by atoms with van der Waals surface area (Å²) >= 11 is 1.45. The van der Waals surface area contributed by atoms with E-state index in [4.69, 9.17) is 24.2 Å². The zero-order chi connectivity index (χ0) is 40.8. The Bertz CT molecular complexity index is 2010. The molecule has 1 aliphatic heterocycles. The number of aliphatic hydroxyl groups is 1. The van der Waals surface area contributed by atoms with E-state index >= 15 is 0 Å². The first-order valence-corrected chi connectivity index (χ1v) is 20.9. The number of carboxylic acid groups (broad SMARTS) is 1. The largest absolute Gasteiger partial charge is 0.491 e. The predicted molar refractivity (Wildman–Crippen MR) is 213 cm³/mol. The number of likely N-dealkylation sites (tertiary alicyclic amines) is 1. The van der Waals surface area contributed by atoms with Gasteiger partial charge in [-0.1, -0.05) is 34.1 Å². The van der Waals surface area contributed by atoms with Crippen molar-refractivity contribution in [3.63, 3.8) is 0 Å². The van der Waals surface area contributed by atoms with Crippen LogP contribution >= 0.6 is 11.3 Å². The number of amides is 3. The average molecular weight is 807 g/mol. The lowest BCUT2D eigenvalue weighted by atomic mass is 9.85. The molecule has 0 spiro atoms. The second-order valence-electron chi connectivity index (χ2n) is 17.3. The Morgan fingerprint density at radius 3 is 2.44 bits per heavy atom. The Balaban J connectivity index is 1.19. The maximum absolute atomic E-state index is 14.7. The van der Waals surface area contributed by atoms with E-state index in [0.29, 0.717) is 58.5 Å². The molecule has 3 amide bonds. The Kier molecular flexibility index (Phi) is 11.3. The van der Waals surface area contributed by atoms with E-state index in [2.05, 4.69) is 16.0 Å². The van der Waals surface area contributed by atoms with Gasteiger partial charge in [-0.25, -0.2) is 19.6 Å². The van der Waals surface area contributed by atoms with E-state index in [1.165, 1.54) is 22.7 Å². The molecule has 8 atom stereocenters. The normalized spacial score (nSPS) is 26.8. The third-order valence-electron chi connectivity index (χ3n) is 11.6. The lowest BCUT2D eigenvalue weighted by Gasteiger charge is -2.35. The minimum absolute atomic E-state index is 0.0144. The van der Waals surface area contributed by atoms with Crippen LogP contribution in [-0.4, -0.2) is 105 Å². The van der Waals surface area contributed by atoms with Gasteiger partial charge in [0.1, 0.15) is 53.6 Å². The van der Waals surface area contributed by atoms with Crippen LogP contribution in [0.5, 0.6) is 11.5 Å². The van der Waals surface area contributed by atoms with Gasteiger partial charge in [0.15, 0.2) is 5.13 Å². The highest BCUT2D eigenvalue weighted by Gasteiger charge is 2.61. The molecule has 3 heterocycles. The van der Waals surface area contributed by atoms with Gasteiger partial charge in [0, 0.05) is 35.4 Å². The molecule has 2 aromatic heterocycles. The second kappa shape index (κ2) is 15.9. The smallest absolute Gasteiger partial charge is 0.408 e. The van der Waals surface area contributed by atoms with Gasteiger partial charge in [0.05, 0.1) is 24.4 Å². The van der Waals surface area contributed by atoms with Gasteiger partial charge < -0.3 is 45.3 Å². The van der Waals surface area contributed by atoms with Crippen molar-refractivity contribution in [3.8, 4) is 22.9 Å². The Hall–Kier alpha value is -4.70. The lowest BCUT2D eigenvalue weighted by Crippen LogP contribution is -2.59. The first kappa shape index (κ1) is 40.5. The number of aliphatic carboxylic acids is 1. The molecule has 1 saturated heterocycles. The first-order valence-electron chi connectivity index (χ1n) is 20.0. The van der Waals surface area contributed by atoms with Crippen LogP contribution < -0.4 is 25.4 Å². The van der Waals surface area contributed by atoms with E-state index in [9.17, 15) is 29.4 Å². The maximum atomic E-state index is 14.7. The molecule has 0 bridgehead atoms. The summed E-state index contributed by atoms with van der Waals surface area (Å²) in [7, 11) is 0. The van der Waals surface area contributed by atoms with Crippen LogP contribution in [-0.2, 0) is 19.1 Å². The van der Waals surface area contributed by atoms with Crippen molar-refractivity contribution < 1.29 is 43.6 Å². The molecule has 3 aromatic rings. The van der Waals surface area contributed by atoms with Crippen molar-refractivity contribution in [1.29, 1.82) is 0 Å². The van der Waals surface area contributed by atoms with Gasteiger partial charge in [0.2, 0.25) is 11.8 Å². The van der Waals surface area contributed by atoms with Crippen LogP contribution in [0.15, 0.2) is 29.6 Å². The summed E-state index contributed by atoms with van der Waals surface area (Å²) in [5, 5.41) is 31.7. The zero-order valence-corrected chi connectivity index (χ0v) is 34.2. The number of carbonyl (C=O) groups is 4. The quantitative estimate of drug-likeness (QED) is 0.135. The molecule has 3 aliphatic carbocycles. The highest BCUT2D eigenvalue weighted by Crippen LogP contribution is 2.52. The van der Waals surface area contributed by atoms with Gasteiger partial charge in [-0.05, 0) is 74.8 Å². The second-order valence-corrected chi connectivity index (χ2v) is 18.2. The number of hydrogen-bond donors (Lipinski definition) is 5. The minimum atomic E-state index is -1.41. The Morgan fingerprint density at radius 1 is 1.04 bits per heavy atom. The number of nitrogens with zero attached hydrogens (tertiary/aromatic N) is 3. The third kappa shape index (κ3) is 8.76. The third-order valence-corrected chi connectivity index (χ3v) is 12.4. The van der Waals surface area contributed by atoms with E-state index in [1.807, 2.05) is 46.9 Å². The molecule has 308 valence electrons. The SMILES string of the molecule is CC[C@@H]1C[C@]1(NC(=O)[C@@H]1C[C@@H](Oc2cc(-c3csc(NC(C)C)n3)nc3cc(OCCO)ccc23)CN1C(=O)[C@@H](NC(=O)O[C@@H]1C[C@@H]2C[C@@H]2C1)C(C)(C)C)C(=O)O. The molecule has 16 heteroatoms. The monoisotopic (exact) mass is 806 g/mol. The van der Waals surface area contributed by atoms with Gasteiger partial charge >= 0.3 is 12.1 Å². The van der Waals surface area contributed by atoms with Gasteiger partial charge in [-0.2, -0.15) is 0 Å². The molecule has 4 aliphatic rings. The van der Waals surface area contributed by atoms with Gasteiger partial charge in [-0.3, -0.25) is 9.59 Å². The van der Waals surface area contributed by atoms with Crippen molar-refractivity contribution >= 4 is 51.2 Å². The van der Waals surface area contributed by atoms with Crippen LogP contribution in [0.25, 0.3) is 22.3 Å². The van der Waals surface area contributed by atoms with Crippen LogP contribution in [0.2, 0.25) is 0 Å². The fourth-order valence-corrected chi connectivity index (χ4v) is 9.24. The number of pyridine rings is 1. The molecular formula is C41H54N6O9S. The van der Waals surface area contributed by atoms with Crippen LogP contribution in [0.1, 0.15) is 80.1 Å². The molecule has 57 heavy (non-hydrogen) atoms. The topological polar surface area (TPSA) is 202 Å².